The number of hydrogen-bond donors (Lipinski definition) is 1. The highest BCUT2D eigenvalue weighted by molar-refractivity contribution is 5.85. The Morgan fingerprint density at radius 2 is 1.62 bits per heavy atom. The van der Waals surface area contributed by atoms with Gasteiger partial charge in [0, 0.05) is 38.0 Å². The third-order valence-electron chi connectivity index (χ3n) is 4.60. The molecular weight excluding hydrogens is 320 g/mol. The summed E-state index contributed by atoms with van der Waals surface area (Å²) in [5.74, 6) is 0.365. The molecule has 0 saturated carbocycles. The van der Waals surface area contributed by atoms with E-state index in [1.54, 1.807) is 0 Å². The van der Waals surface area contributed by atoms with Crippen molar-refractivity contribution in [1.82, 2.24) is 10.2 Å². The van der Waals surface area contributed by atoms with E-state index in [2.05, 4.69) is 36.5 Å². The standard InChI is InChI=1S/C20H24N2O.ClH/c1-16-15-21-12-13-22(16)20(23)14-19(17-8-4-2-5-9-17)18-10-6-3-7-11-18;/h2-11,16,19,21H,12-15H2,1H3;1H/t16-;/m1./s1. The van der Waals surface area contributed by atoms with Crippen LogP contribution in [0.3, 0.4) is 0 Å². The summed E-state index contributed by atoms with van der Waals surface area (Å²) in [5, 5.41) is 3.34. The molecule has 3 nitrogen and oxygen atoms in total. The molecule has 128 valence electrons. The Labute approximate surface area is 150 Å². The summed E-state index contributed by atoms with van der Waals surface area (Å²) in [6, 6.07) is 21.0. The number of amides is 1. The average molecular weight is 345 g/mol. The van der Waals surface area contributed by atoms with Gasteiger partial charge in [0.05, 0.1) is 0 Å². The molecule has 1 fully saturated rings. The van der Waals surface area contributed by atoms with E-state index in [9.17, 15) is 4.79 Å². The molecule has 0 unspecified atom stereocenters. The van der Waals surface area contributed by atoms with E-state index in [0.29, 0.717) is 6.42 Å². The van der Waals surface area contributed by atoms with E-state index >= 15 is 0 Å². The fourth-order valence-electron chi connectivity index (χ4n) is 3.30. The number of carbonyl (C=O) groups excluding carboxylic acids is 1. The van der Waals surface area contributed by atoms with Gasteiger partial charge in [0.1, 0.15) is 0 Å². The van der Waals surface area contributed by atoms with Gasteiger partial charge in [-0.1, -0.05) is 60.7 Å². The number of benzene rings is 2. The minimum atomic E-state index is 0. The van der Waals surface area contributed by atoms with Gasteiger partial charge in [-0.25, -0.2) is 0 Å². The first-order valence-electron chi connectivity index (χ1n) is 8.36. The van der Waals surface area contributed by atoms with Crippen LogP contribution in [0.25, 0.3) is 0 Å². The van der Waals surface area contributed by atoms with Gasteiger partial charge in [0.25, 0.3) is 0 Å². The molecule has 1 aliphatic heterocycles. The third kappa shape index (κ3) is 4.37. The lowest BCUT2D eigenvalue weighted by atomic mass is 9.88. The SMILES string of the molecule is C[C@@H]1CNCCN1C(=O)CC(c1ccccc1)c1ccccc1.Cl. The van der Waals surface area contributed by atoms with Crippen molar-refractivity contribution in [1.29, 1.82) is 0 Å². The zero-order valence-electron chi connectivity index (χ0n) is 14.0. The lowest BCUT2D eigenvalue weighted by molar-refractivity contribution is -0.134. The normalized spacial score (nSPS) is 17.4. The molecule has 4 heteroatoms. The molecule has 2 aromatic rings. The largest absolute Gasteiger partial charge is 0.337 e. The molecule has 0 spiro atoms. The van der Waals surface area contributed by atoms with Gasteiger partial charge in [-0.3, -0.25) is 4.79 Å². The first-order valence-corrected chi connectivity index (χ1v) is 8.36. The zero-order chi connectivity index (χ0) is 16.1. The van der Waals surface area contributed by atoms with Crippen LogP contribution in [-0.2, 0) is 4.79 Å². The number of hydrogen-bond acceptors (Lipinski definition) is 2. The molecule has 0 aliphatic carbocycles. The van der Waals surface area contributed by atoms with Crippen LogP contribution in [0.1, 0.15) is 30.4 Å². The maximum absolute atomic E-state index is 12.9. The number of halogens is 1. The predicted octanol–water partition coefficient (Wildman–Crippen LogP) is 3.45. The number of nitrogens with zero attached hydrogens (tertiary/aromatic N) is 1. The van der Waals surface area contributed by atoms with E-state index in [1.807, 2.05) is 41.3 Å². The summed E-state index contributed by atoms with van der Waals surface area (Å²) in [5.41, 5.74) is 2.41. The molecular formula is C20H25ClN2O. The Morgan fingerprint density at radius 3 is 2.12 bits per heavy atom. The molecule has 1 amide bonds. The van der Waals surface area contributed by atoms with E-state index in [1.165, 1.54) is 11.1 Å². The molecule has 24 heavy (non-hydrogen) atoms. The Kier molecular flexibility index (Phi) is 6.83. The minimum absolute atomic E-state index is 0. The van der Waals surface area contributed by atoms with Gasteiger partial charge in [-0.2, -0.15) is 0 Å². The summed E-state index contributed by atoms with van der Waals surface area (Å²) in [6.07, 6.45) is 0.526. The van der Waals surface area contributed by atoms with Crippen molar-refractivity contribution < 1.29 is 4.79 Å². The van der Waals surface area contributed by atoms with Crippen LogP contribution in [-0.4, -0.2) is 36.5 Å². The molecule has 2 aromatic carbocycles. The smallest absolute Gasteiger partial charge is 0.223 e. The van der Waals surface area contributed by atoms with E-state index in [0.717, 1.165) is 19.6 Å². The van der Waals surface area contributed by atoms with Crippen molar-refractivity contribution in [2.45, 2.75) is 25.3 Å². The Balaban J connectivity index is 0.00000208. The van der Waals surface area contributed by atoms with Crippen LogP contribution in [0.15, 0.2) is 60.7 Å². The van der Waals surface area contributed by atoms with E-state index in [-0.39, 0.29) is 30.3 Å². The molecule has 1 N–H and O–H groups in total. The van der Waals surface area contributed by atoms with Crippen LogP contribution in [0.5, 0.6) is 0 Å². The van der Waals surface area contributed by atoms with Gasteiger partial charge >= 0.3 is 0 Å². The van der Waals surface area contributed by atoms with Gasteiger partial charge in [0.2, 0.25) is 5.91 Å². The Morgan fingerprint density at radius 1 is 1.08 bits per heavy atom. The maximum atomic E-state index is 12.9. The van der Waals surface area contributed by atoms with Crippen molar-refractivity contribution in [3.63, 3.8) is 0 Å². The number of carbonyl (C=O) groups is 1. The second-order valence-electron chi connectivity index (χ2n) is 6.22. The van der Waals surface area contributed by atoms with Crippen molar-refractivity contribution in [3.05, 3.63) is 71.8 Å². The van der Waals surface area contributed by atoms with E-state index in [4.69, 9.17) is 0 Å². The second-order valence-corrected chi connectivity index (χ2v) is 6.22. The first-order chi connectivity index (χ1) is 11.3. The second kappa shape index (κ2) is 8.86. The summed E-state index contributed by atoms with van der Waals surface area (Å²) in [7, 11) is 0. The zero-order valence-corrected chi connectivity index (χ0v) is 14.8. The third-order valence-corrected chi connectivity index (χ3v) is 4.60. The van der Waals surface area contributed by atoms with Crippen LogP contribution < -0.4 is 5.32 Å². The highest BCUT2D eigenvalue weighted by Crippen LogP contribution is 2.29. The summed E-state index contributed by atoms with van der Waals surface area (Å²) >= 11 is 0. The molecule has 3 rings (SSSR count). The van der Waals surface area contributed by atoms with Gasteiger partial charge in [0.15, 0.2) is 0 Å². The van der Waals surface area contributed by atoms with E-state index < -0.39 is 0 Å². The monoisotopic (exact) mass is 344 g/mol. The first kappa shape index (κ1) is 18.5. The molecule has 1 saturated heterocycles. The number of piperazine rings is 1. The van der Waals surface area contributed by atoms with Crippen LogP contribution >= 0.6 is 12.4 Å². The van der Waals surface area contributed by atoms with Crippen molar-refractivity contribution >= 4 is 18.3 Å². The van der Waals surface area contributed by atoms with Crippen LogP contribution in [0.4, 0.5) is 0 Å². The molecule has 0 aromatic heterocycles. The molecule has 1 atom stereocenters. The van der Waals surface area contributed by atoms with Crippen LogP contribution in [0, 0.1) is 0 Å². The summed E-state index contributed by atoms with van der Waals surface area (Å²) in [6.45, 7) is 4.69. The van der Waals surface area contributed by atoms with Crippen molar-refractivity contribution in [3.8, 4) is 0 Å². The van der Waals surface area contributed by atoms with Crippen molar-refractivity contribution in [2.75, 3.05) is 19.6 Å². The van der Waals surface area contributed by atoms with Gasteiger partial charge in [-0.05, 0) is 18.1 Å². The molecule has 0 bridgehead atoms. The topological polar surface area (TPSA) is 32.3 Å². The lowest BCUT2D eigenvalue weighted by Gasteiger charge is -2.35. The lowest BCUT2D eigenvalue weighted by Crippen LogP contribution is -2.52. The number of rotatable bonds is 4. The molecule has 1 heterocycles. The Hall–Kier alpha value is -1.84. The fraction of sp³-hybridized carbons (Fsp3) is 0.350. The minimum Gasteiger partial charge on any atom is -0.337 e. The number of nitrogens with one attached hydrogen (secondary N) is 1. The fourth-order valence-corrected chi connectivity index (χ4v) is 3.30. The van der Waals surface area contributed by atoms with Crippen molar-refractivity contribution in [2.24, 2.45) is 0 Å². The quantitative estimate of drug-likeness (QED) is 0.921. The van der Waals surface area contributed by atoms with Gasteiger partial charge < -0.3 is 10.2 Å². The predicted molar refractivity (Wildman–Crippen MR) is 101 cm³/mol. The highest BCUT2D eigenvalue weighted by atomic mass is 35.5. The highest BCUT2D eigenvalue weighted by Gasteiger charge is 2.26. The van der Waals surface area contributed by atoms with Gasteiger partial charge in [-0.15, -0.1) is 12.4 Å². The average Bonchev–Trinajstić information content (AvgIpc) is 2.61. The summed E-state index contributed by atoms with van der Waals surface area (Å²) < 4.78 is 0. The Bertz CT molecular complexity index is 593. The molecule has 0 radical (unpaired) electrons. The molecule has 1 aliphatic rings. The summed E-state index contributed by atoms with van der Waals surface area (Å²) in [4.78, 5) is 14.9. The van der Waals surface area contributed by atoms with Crippen LogP contribution in [0.2, 0.25) is 0 Å². The maximum Gasteiger partial charge on any atom is 0.223 e.